The number of imide groups is 1. The molecule has 24 heavy (non-hydrogen) atoms. The van der Waals surface area contributed by atoms with E-state index in [0.29, 0.717) is 11.6 Å². The van der Waals surface area contributed by atoms with Crippen molar-refractivity contribution in [1.82, 2.24) is 10.6 Å². The summed E-state index contributed by atoms with van der Waals surface area (Å²) in [6.45, 7) is 1.57. The number of carbonyl (C=O) groups excluding carboxylic acids is 3. The van der Waals surface area contributed by atoms with Gasteiger partial charge in [0.25, 0.3) is 5.91 Å². The molecule has 1 aromatic rings. The first-order valence-electron chi connectivity index (χ1n) is 8.08. The maximum absolute atomic E-state index is 11.8. The van der Waals surface area contributed by atoms with E-state index in [1.54, 1.807) is 12.1 Å². The second-order valence-electron chi connectivity index (χ2n) is 6.09. The Morgan fingerprint density at radius 3 is 2.50 bits per heavy atom. The first kappa shape index (κ1) is 17.8. The van der Waals surface area contributed by atoms with Crippen molar-refractivity contribution < 1.29 is 19.1 Å². The van der Waals surface area contributed by atoms with Gasteiger partial charge in [0.15, 0.2) is 6.61 Å². The van der Waals surface area contributed by atoms with Crippen molar-refractivity contribution in [1.29, 1.82) is 0 Å². The minimum absolute atomic E-state index is 0.0730. The number of hydrogen-bond acceptors (Lipinski definition) is 5. The van der Waals surface area contributed by atoms with Gasteiger partial charge in [-0.25, -0.2) is 9.59 Å². The molecule has 0 aromatic heterocycles. The van der Waals surface area contributed by atoms with E-state index in [-0.39, 0.29) is 11.6 Å². The molecular formula is C17H23N3O4. The molecule has 0 spiro atoms. The summed E-state index contributed by atoms with van der Waals surface area (Å²) in [5.41, 5.74) is 6.34. The van der Waals surface area contributed by atoms with E-state index in [4.69, 9.17) is 10.5 Å². The zero-order valence-electron chi connectivity index (χ0n) is 13.7. The average molecular weight is 333 g/mol. The molecule has 1 aliphatic rings. The van der Waals surface area contributed by atoms with E-state index in [0.717, 1.165) is 19.3 Å². The zero-order chi connectivity index (χ0) is 17.5. The quantitative estimate of drug-likeness (QED) is 0.575. The molecule has 130 valence electrons. The highest BCUT2D eigenvalue weighted by Gasteiger charge is 2.23. The number of anilines is 1. The van der Waals surface area contributed by atoms with Crippen LogP contribution in [-0.2, 0) is 9.53 Å². The average Bonchev–Trinajstić information content (AvgIpc) is 2.55. The minimum Gasteiger partial charge on any atom is -0.452 e. The summed E-state index contributed by atoms with van der Waals surface area (Å²) >= 11 is 0. The number of nitrogen functional groups attached to an aromatic ring is 1. The van der Waals surface area contributed by atoms with Gasteiger partial charge in [0.05, 0.1) is 5.56 Å². The van der Waals surface area contributed by atoms with Crippen LogP contribution < -0.4 is 16.4 Å². The lowest BCUT2D eigenvalue weighted by molar-refractivity contribution is -0.123. The lowest BCUT2D eigenvalue weighted by Crippen LogP contribution is -2.48. The summed E-state index contributed by atoms with van der Waals surface area (Å²) in [6, 6.07) is 5.66. The number of esters is 1. The van der Waals surface area contributed by atoms with Gasteiger partial charge >= 0.3 is 12.0 Å². The van der Waals surface area contributed by atoms with Gasteiger partial charge in [-0.05, 0) is 43.0 Å². The van der Waals surface area contributed by atoms with Crippen molar-refractivity contribution in [3.05, 3.63) is 29.8 Å². The van der Waals surface area contributed by atoms with Gasteiger partial charge in [0.2, 0.25) is 0 Å². The fourth-order valence-electron chi connectivity index (χ4n) is 2.73. The van der Waals surface area contributed by atoms with Crippen LogP contribution in [0, 0.1) is 5.92 Å². The van der Waals surface area contributed by atoms with Crippen LogP contribution in [0.3, 0.4) is 0 Å². The largest absolute Gasteiger partial charge is 0.452 e. The summed E-state index contributed by atoms with van der Waals surface area (Å²) in [6.07, 6.45) is 4.22. The van der Waals surface area contributed by atoms with Crippen molar-refractivity contribution in [2.24, 2.45) is 5.92 Å². The molecule has 7 heteroatoms. The van der Waals surface area contributed by atoms with Crippen LogP contribution in [0.1, 0.15) is 43.0 Å². The third-order valence-corrected chi connectivity index (χ3v) is 4.16. The zero-order valence-corrected chi connectivity index (χ0v) is 13.7. The second kappa shape index (κ2) is 8.33. The van der Waals surface area contributed by atoms with Gasteiger partial charge in [-0.15, -0.1) is 0 Å². The minimum atomic E-state index is -0.667. The third-order valence-electron chi connectivity index (χ3n) is 4.16. The molecule has 4 N–H and O–H groups in total. The number of carbonyl (C=O) groups is 3. The van der Waals surface area contributed by atoms with Crippen molar-refractivity contribution in [2.75, 3.05) is 12.3 Å². The molecule has 0 saturated heterocycles. The Labute approximate surface area is 140 Å². The molecule has 3 amide bonds. The number of nitrogens with one attached hydrogen (secondary N) is 2. The SMILES string of the molecule is C[C@@H]1CCCC[C@H]1NC(=O)NC(=O)COC(=O)c1ccc(N)cc1. The van der Waals surface area contributed by atoms with Crippen molar-refractivity contribution in [2.45, 2.75) is 38.6 Å². The Kier molecular flexibility index (Phi) is 6.17. The molecule has 1 saturated carbocycles. The van der Waals surface area contributed by atoms with Crippen LogP contribution in [0.25, 0.3) is 0 Å². The molecule has 7 nitrogen and oxygen atoms in total. The van der Waals surface area contributed by atoms with Crippen LogP contribution in [0.4, 0.5) is 10.5 Å². The lowest BCUT2D eigenvalue weighted by atomic mass is 9.86. The number of benzene rings is 1. The Bertz CT molecular complexity index is 600. The van der Waals surface area contributed by atoms with Gasteiger partial charge in [0, 0.05) is 11.7 Å². The van der Waals surface area contributed by atoms with Crippen LogP contribution in [0.15, 0.2) is 24.3 Å². The van der Waals surface area contributed by atoms with Crippen LogP contribution in [0.5, 0.6) is 0 Å². The Hall–Kier alpha value is -2.57. The number of ether oxygens (including phenoxy) is 1. The Morgan fingerprint density at radius 2 is 1.83 bits per heavy atom. The monoisotopic (exact) mass is 333 g/mol. The highest BCUT2D eigenvalue weighted by molar-refractivity contribution is 5.97. The molecule has 0 heterocycles. The fourth-order valence-corrected chi connectivity index (χ4v) is 2.73. The lowest BCUT2D eigenvalue weighted by Gasteiger charge is -2.29. The Balaban J connectivity index is 1.73. The first-order valence-corrected chi connectivity index (χ1v) is 8.08. The predicted molar refractivity (Wildman–Crippen MR) is 89.2 cm³/mol. The summed E-state index contributed by atoms with van der Waals surface area (Å²) < 4.78 is 4.87. The van der Waals surface area contributed by atoms with Crippen LogP contribution >= 0.6 is 0 Å². The van der Waals surface area contributed by atoms with E-state index in [9.17, 15) is 14.4 Å². The van der Waals surface area contributed by atoms with E-state index in [2.05, 4.69) is 17.6 Å². The summed E-state index contributed by atoms with van der Waals surface area (Å²) in [5, 5.41) is 4.98. The molecule has 0 aliphatic heterocycles. The second-order valence-corrected chi connectivity index (χ2v) is 6.09. The van der Waals surface area contributed by atoms with Crippen molar-refractivity contribution in [3.8, 4) is 0 Å². The fraction of sp³-hybridized carbons (Fsp3) is 0.471. The van der Waals surface area contributed by atoms with Crippen LogP contribution in [0.2, 0.25) is 0 Å². The smallest absolute Gasteiger partial charge is 0.338 e. The number of urea groups is 1. The molecule has 1 aromatic carbocycles. The van der Waals surface area contributed by atoms with Gasteiger partial charge < -0.3 is 15.8 Å². The first-order chi connectivity index (χ1) is 11.5. The summed E-state index contributed by atoms with van der Waals surface area (Å²) in [7, 11) is 0. The summed E-state index contributed by atoms with van der Waals surface area (Å²) in [5.74, 6) is -0.922. The predicted octanol–water partition coefficient (Wildman–Crippen LogP) is 1.83. The molecule has 1 fully saturated rings. The van der Waals surface area contributed by atoms with E-state index < -0.39 is 24.5 Å². The number of hydrogen-bond donors (Lipinski definition) is 3. The molecule has 0 radical (unpaired) electrons. The van der Waals surface area contributed by atoms with Gasteiger partial charge in [-0.2, -0.15) is 0 Å². The molecule has 0 bridgehead atoms. The summed E-state index contributed by atoms with van der Waals surface area (Å²) in [4.78, 5) is 35.3. The van der Waals surface area contributed by atoms with Crippen LogP contribution in [-0.4, -0.2) is 30.6 Å². The molecule has 2 atom stereocenters. The maximum Gasteiger partial charge on any atom is 0.338 e. The topological polar surface area (TPSA) is 111 Å². The third kappa shape index (κ3) is 5.26. The molecule has 0 unspecified atom stereocenters. The highest BCUT2D eigenvalue weighted by Crippen LogP contribution is 2.23. The van der Waals surface area contributed by atoms with Gasteiger partial charge in [-0.3, -0.25) is 10.1 Å². The molecule has 1 aliphatic carbocycles. The normalized spacial score (nSPS) is 20.0. The van der Waals surface area contributed by atoms with Crippen molar-refractivity contribution >= 4 is 23.6 Å². The number of amides is 3. The maximum atomic E-state index is 11.8. The Morgan fingerprint density at radius 1 is 1.17 bits per heavy atom. The van der Waals surface area contributed by atoms with E-state index in [1.807, 2.05) is 0 Å². The molecular weight excluding hydrogens is 310 g/mol. The standard InChI is InChI=1S/C17H23N3O4/c1-11-4-2-3-5-14(11)19-17(23)20-15(21)10-24-16(22)12-6-8-13(18)9-7-12/h6-9,11,14H,2-5,10,18H2,1H3,(H2,19,20,21,23)/t11-,14-/m1/s1. The highest BCUT2D eigenvalue weighted by atomic mass is 16.5. The van der Waals surface area contributed by atoms with Gasteiger partial charge in [-0.1, -0.05) is 19.8 Å². The van der Waals surface area contributed by atoms with E-state index >= 15 is 0 Å². The van der Waals surface area contributed by atoms with Gasteiger partial charge in [0.1, 0.15) is 0 Å². The molecule has 2 rings (SSSR count). The number of nitrogens with two attached hydrogens (primary N) is 1. The van der Waals surface area contributed by atoms with E-state index in [1.165, 1.54) is 18.6 Å². The number of rotatable bonds is 4. The van der Waals surface area contributed by atoms with Crippen molar-refractivity contribution in [3.63, 3.8) is 0 Å².